The third-order valence-corrected chi connectivity index (χ3v) is 4.55. The Kier molecular flexibility index (Phi) is 4.45. The van der Waals surface area contributed by atoms with E-state index in [0.717, 1.165) is 6.07 Å². The Balaban J connectivity index is 1.72. The average molecular weight is 349 g/mol. The third kappa shape index (κ3) is 3.62. The second kappa shape index (κ2) is 6.43. The summed E-state index contributed by atoms with van der Waals surface area (Å²) in [4.78, 5) is 14.0. The summed E-state index contributed by atoms with van der Waals surface area (Å²) in [5.74, 6) is -0.960. The van der Waals surface area contributed by atoms with E-state index < -0.39 is 23.6 Å². The second-order valence-corrected chi connectivity index (χ2v) is 6.36. The fourth-order valence-corrected chi connectivity index (χ4v) is 3.15. The highest BCUT2D eigenvalue weighted by Gasteiger charge is 2.48. The van der Waals surface area contributed by atoms with Gasteiger partial charge in [0.1, 0.15) is 5.75 Å². The van der Waals surface area contributed by atoms with Crippen LogP contribution in [0.25, 0.3) is 0 Å². The van der Waals surface area contributed by atoms with Crippen LogP contribution in [0.4, 0.5) is 13.2 Å². The molecule has 0 aromatic heterocycles. The van der Waals surface area contributed by atoms with E-state index in [0.29, 0.717) is 12.0 Å². The van der Waals surface area contributed by atoms with E-state index in [-0.39, 0.29) is 23.8 Å². The van der Waals surface area contributed by atoms with Gasteiger partial charge in [0.05, 0.1) is 5.56 Å². The zero-order valence-corrected chi connectivity index (χ0v) is 13.6. The highest BCUT2D eigenvalue weighted by atomic mass is 19.4. The summed E-state index contributed by atoms with van der Waals surface area (Å²) in [7, 11) is 1.60. The van der Waals surface area contributed by atoms with Gasteiger partial charge in [-0.3, -0.25) is 4.79 Å². The van der Waals surface area contributed by atoms with Crippen molar-refractivity contribution >= 4 is 5.91 Å². The molecule has 0 spiro atoms. The Hall–Kier alpha value is -2.50. The molecular weight excluding hydrogens is 331 g/mol. The Morgan fingerprint density at radius 3 is 2.48 bits per heavy atom. The van der Waals surface area contributed by atoms with Gasteiger partial charge in [0.15, 0.2) is 0 Å². The highest BCUT2D eigenvalue weighted by molar-refractivity contribution is 5.83. The number of rotatable bonds is 4. The average Bonchev–Trinajstić information content (AvgIpc) is 3.36. The van der Waals surface area contributed by atoms with Crippen LogP contribution in [0.5, 0.6) is 5.75 Å². The van der Waals surface area contributed by atoms with Crippen molar-refractivity contribution in [2.24, 2.45) is 5.92 Å². The first-order valence-corrected chi connectivity index (χ1v) is 7.97. The maximum atomic E-state index is 13.1. The predicted octanol–water partition coefficient (Wildman–Crippen LogP) is 4.17. The van der Waals surface area contributed by atoms with Crippen LogP contribution in [-0.4, -0.2) is 23.0 Å². The number of aromatic hydroxyl groups is 1. The minimum Gasteiger partial charge on any atom is -0.508 e. The first-order valence-electron chi connectivity index (χ1n) is 7.97. The SMILES string of the molecule is CN(Cc1ccccc1O)C(=O)[C@H]1C[C@H]1c1ccccc1C(F)(F)F. The van der Waals surface area contributed by atoms with Gasteiger partial charge in [-0.1, -0.05) is 36.4 Å². The van der Waals surface area contributed by atoms with Crippen LogP contribution in [0.3, 0.4) is 0 Å². The minimum absolute atomic E-state index is 0.0944. The molecule has 0 radical (unpaired) electrons. The summed E-state index contributed by atoms with van der Waals surface area (Å²) in [6, 6.07) is 12.1. The van der Waals surface area contributed by atoms with Crippen LogP contribution in [0, 0.1) is 5.92 Å². The lowest BCUT2D eigenvalue weighted by atomic mass is 10.0. The number of halogens is 3. The number of benzene rings is 2. The molecule has 1 N–H and O–H groups in total. The number of alkyl halides is 3. The van der Waals surface area contributed by atoms with Crippen molar-refractivity contribution < 1.29 is 23.1 Å². The number of phenolic OH excluding ortho intramolecular Hbond substituents is 1. The van der Waals surface area contributed by atoms with Gasteiger partial charge in [0, 0.05) is 25.1 Å². The van der Waals surface area contributed by atoms with Crippen molar-refractivity contribution in [1.82, 2.24) is 4.90 Å². The molecule has 132 valence electrons. The van der Waals surface area contributed by atoms with Crippen molar-refractivity contribution in [2.45, 2.75) is 25.1 Å². The van der Waals surface area contributed by atoms with Gasteiger partial charge in [-0.25, -0.2) is 0 Å². The lowest BCUT2D eigenvalue weighted by Crippen LogP contribution is -2.28. The van der Waals surface area contributed by atoms with E-state index in [2.05, 4.69) is 0 Å². The molecule has 0 unspecified atom stereocenters. The number of hydrogen-bond acceptors (Lipinski definition) is 2. The number of para-hydroxylation sites is 1. The molecule has 2 aromatic rings. The van der Waals surface area contributed by atoms with Crippen molar-refractivity contribution in [3.05, 3.63) is 65.2 Å². The number of nitrogens with zero attached hydrogens (tertiary/aromatic N) is 1. The molecule has 3 nitrogen and oxygen atoms in total. The molecule has 2 aromatic carbocycles. The van der Waals surface area contributed by atoms with Crippen LogP contribution in [0.1, 0.15) is 29.0 Å². The number of phenols is 1. The monoisotopic (exact) mass is 349 g/mol. The van der Waals surface area contributed by atoms with Crippen LogP contribution >= 0.6 is 0 Å². The third-order valence-electron chi connectivity index (χ3n) is 4.55. The van der Waals surface area contributed by atoms with Gasteiger partial charge in [-0.05, 0) is 30.0 Å². The molecule has 25 heavy (non-hydrogen) atoms. The number of carbonyl (C=O) groups excluding carboxylic acids is 1. The zero-order chi connectivity index (χ0) is 18.2. The molecule has 1 amide bonds. The van der Waals surface area contributed by atoms with E-state index >= 15 is 0 Å². The van der Waals surface area contributed by atoms with Crippen molar-refractivity contribution in [3.63, 3.8) is 0 Å². The first kappa shape index (κ1) is 17.3. The molecular formula is C19H18F3NO2. The van der Waals surface area contributed by atoms with Crippen LogP contribution in [-0.2, 0) is 17.5 Å². The number of hydrogen-bond donors (Lipinski definition) is 1. The van der Waals surface area contributed by atoms with E-state index in [1.807, 2.05) is 0 Å². The first-order chi connectivity index (χ1) is 11.8. The van der Waals surface area contributed by atoms with E-state index in [1.54, 1.807) is 31.3 Å². The summed E-state index contributed by atoms with van der Waals surface area (Å²) in [5, 5.41) is 9.79. The highest BCUT2D eigenvalue weighted by Crippen LogP contribution is 2.51. The summed E-state index contributed by atoms with van der Waals surface area (Å²) < 4.78 is 39.4. The Morgan fingerprint density at radius 2 is 1.80 bits per heavy atom. The van der Waals surface area contributed by atoms with Gasteiger partial charge in [0.2, 0.25) is 5.91 Å². The standard InChI is InChI=1S/C19H18F3NO2/c1-23(11-12-6-2-5-9-17(12)24)18(25)15-10-14(15)13-7-3-4-8-16(13)19(20,21)22/h2-9,14-15,24H,10-11H2,1H3/t14-,15-/m0/s1. The van der Waals surface area contributed by atoms with Gasteiger partial charge in [-0.2, -0.15) is 13.2 Å². The van der Waals surface area contributed by atoms with Gasteiger partial charge in [0.25, 0.3) is 0 Å². The maximum Gasteiger partial charge on any atom is 0.416 e. The summed E-state index contributed by atoms with van der Waals surface area (Å²) >= 11 is 0. The minimum atomic E-state index is -4.42. The predicted molar refractivity (Wildman–Crippen MR) is 86.9 cm³/mol. The molecule has 0 heterocycles. The molecule has 1 aliphatic rings. The maximum absolute atomic E-state index is 13.1. The molecule has 2 atom stereocenters. The molecule has 1 fully saturated rings. The van der Waals surface area contributed by atoms with Crippen molar-refractivity contribution in [3.8, 4) is 5.75 Å². The zero-order valence-electron chi connectivity index (χ0n) is 13.6. The van der Waals surface area contributed by atoms with E-state index in [9.17, 15) is 23.1 Å². The normalized spacial score (nSPS) is 19.5. The molecule has 1 saturated carbocycles. The summed E-state index contributed by atoms with van der Waals surface area (Å²) in [6.45, 7) is 0.218. The lowest BCUT2D eigenvalue weighted by molar-refractivity contribution is -0.138. The smallest absolute Gasteiger partial charge is 0.416 e. The van der Waals surface area contributed by atoms with Gasteiger partial charge in [-0.15, -0.1) is 0 Å². The molecule has 0 saturated heterocycles. The van der Waals surface area contributed by atoms with Crippen molar-refractivity contribution in [1.29, 1.82) is 0 Å². The summed E-state index contributed by atoms with van der Waals surface area (Å²) in [6.07, 6.45) is -4.01. The van der Waals surface area contributed by atoms with Crippen LogP contribution < -0.4 is 0 Å². The summed E-state index contributed by atoms with van der Waals surface area (Å²) in [5.41, 5.74) is 0.120. The topological polar surface area (TPSA) is 40.5 Å². The molecule has 0 aliphatic heterocycles. The van der Waals surface area contributed by atoms with Gasteiger partial charge < -0.3 is 10.0 Å². The fraction of sp³-hybridized carbons (Fsp3) is 0.316. The van der Waals surface area contributed by atoms with Crippen LogP contribution in [0.15, 0.2) is 48.5 Å². The Morgan fingerprint density at radius 1 is 1.16 bits per heavy atom. The second-order valence-electron chi connectivity index (χ2n) is 6.36. The Bertz CT molecular complexity index is 788. The van der Waals surface area contributed by atoms with E-state index in [1.165, 1.54) is 23.1 Å². The largest absolute Gasteiger partial charge is 0.508 e. The van der Waals surface area contributed by atoms with Crippen molar-refractivity contribution in [2.75, 3.05) is 7.05 Å². The van der Waals surface area contributed by atoms with Crippen LogP contribution in [0.2, 0.25) is 0 Å². The molecule has 3 rings (SSSR count). The quantitative estimate of drug-likeness (QED) is 0.900. The molecule has 0 bridgehead atoms. The number of carbonyl (C=O) groups is 1. The molecule has 1 aliphatic carbocycles. The lowest BCUT2D eigenvalue weighted by Gasteiger charge is -2.18. The Labute approximate surface area is 143 Å². The van der Waals surface area contributed by atoms with Gasteiger partial charge >= 0.3 is 6.18 Å². The number of amides is 1. The van der Waals surface area contributed by atoms with E-state index in [4.69, 9.17) is 0 Å². The fourth-order valence-electron chi connectivity index (χ4n) is 3.15. The molecule has 6 heteroatoms.